The summed E-state index contributed by atoms with van der Waals surface area (Å²) in [4.78, 5) is 32.2. The van der Waals surface area contributed by atoms with E-state index in [0.717, 1.165) is 50.2 Å². The lowest BCUT2D eigenvalue weighted by molar-refractivity contribution is -0.140. The molecule has 2 heterocycles. The monoisotopic (exact) mass is 403 g/mol. The molecule has 3 atom stereocenters. The van der Waals surface area contributed by atoms with Crippen LogP contribution in [0.25, 0.3) is 0 Å². The zero-order valence-electron chi connectivity index (χ0n) is 17.9. The third kappa shape index (κ3) is 5.34. The van der Waals surface area contributed by atoms with Crippen molar-refractivity contribution in [1.29, 1.82) is 0 Å². The second-order valence-corrected chi connectivity index (χ2v) is 8.26. The van der Waals surface area contributed by atoms with Gasteiger partial charge in [0.1, 0.15) is 0 Å². The molecule has 0 unspecified atom stereocenters. The van der Waals surface area contributed by atoms with E-state index in [1.165, 1.54) is 0 Å². The molecule has 160 valence electrons. The number of carbonyl (C=O) groups is 2. The minimum atomic E-state index is -0.180. The van der Waals surface area contributed by atoms with Crippen molar-refractivity contribution in [3.05, 3.63) is 29.1 Å². The van der Waals surface area contributed by atoms with Gasteiger partial charge in [-0.05, 0) is 58.1 Å². The summed E-state index contributed by atoms with van der Waals surface area (Å²) in [7, 11) is 3.40. The number of piperidine rings is 1. The molecule has 29 heavy (non-hydrogen) atoms. The van der Waals surface area contributed by atoms with Crippen molar-refractivity contribution >= 4 is 11.8 Å². The van der Waals surface area contributed by atoms with Gasteiger partial charge in [-0.15, -0.1) is 0 Å². The normalized spacial score (nSPS) is 25.7. The van der Waals surface area contributed by atoms with Crippen LogP contribution in [0.2, 0.25) is 0 Å². The van der Waals surface area contributed by atoms with Crippen LogP contribution in [0.1, 0.15) is 53.8 Å². The van der Waals surface area contributed by atoms with Crippen LogP contribution >= 0.6 is 0 Å². The number of hydrogen-bond acceptors (Lipinski definition) is 5. The number of nitrogens with zero attached hydrogens (tertiary/aromatic N) is 2. The molecule has 3 rings (SSSR count). The number of nitrogens with one attached hydrogen (secondary N) is 1. The van der Waals surface area contributed by atoms with Crippen LogP contribution in [0, 0.1) is 19.8 Å². The van der Waals surface area contributed by atoms with Crippen LogP contribution in [0.5, 0.6) is 0 Å². The topological polar surface area (TPSA) is 80.8 Å². The molecule has 0 radical (unpaired) electrons. The molecule has 7 nitrogen and oxygen atoms in total. The van der Waals surface area contributed by atoms with Gasteiger partial charge in [-0.3, -0.25) is 14.6 Å². The molecule has 1 aromatic heterocycles. The second kappa shape index (κ2) is 9.67. The molecule has 1 aromatic rings. The molecule has 2 aliphatic rings. The van der Waals surface area contributed by atoms with E-state index in [1.807, 2.05) is 18.7 Å². The van der Waals surface area contributed by atoms with Crippen LogP contribution in [-0.2, 0) is 14.3 Å². The third-order valence-corrected chi connectivity index (χ3v) is 6.19. The summed E-state index contributed by atoms with van der Waals surface area (Å²) >= 11 is 0. The number of pyridine rings is 1. The van der Waals surface area contributed by atoms with Gasteiger partial charge in [0.2, 0.25) is 5.91 Å². The first-order valence-electron chi connectivity index (χ1n) is 10.5. The van der Waals surface area contributed by atoms with Gasteiger partial charge in [0.25, 0.3) is 5.91 Å². The summed E-state index contributed by atoms with van der Waals surface area (Å²) in [6.45, 7) is 5.25. The molecule has 1 aliphatic heterocycles. The van der Waals surface area contributed by atoms with Crippen LogP contribution < -0.4 is 5.32 Å². The summed E-state index contributed by atoms with van der Waals surface area (Å²) in [6, 6.07) is 3.39. The summed E-state index contributed by atoms with van der Waals surface area (Å²) in [6.07, 6.45) is 4.11. The van der Waals surface area contributed by atoms with Crippen molar-refractivity contribution in [2.45, 2.75) is 64.2 Å². The first-order chi connectivity index (χ1) is 13.9. The highest BCUT2D eigenvalue weighted by molar-refractivity contribution is 5.94. The van der Waals surface area contributed by atoms with E-state index in [1.54, 1.807) is 26.4 Å². The molecule has 7 heteroatoms. The maximum atomic E-state index is 13.1. The van der Waals surface area contributed by atoms with Crippen molar-refractivity contribution < 1.29 is 19.1 Å². The van der Waals surface area contributed by atoms with Crippen molar-refractivity contribution in [3.8, 4) is 0 Å². The highest BCUT2D eigenvalue weighted by atomic mass is 16.5. The Morgan fingerprint density at radius 2 is 1.69 bits per heavy atom. The number of methoxy groups -OCH3 is 2. The standard InChI is InChI=1S/C22H33N3O4/c1-14-11-17(12-15(2)23-14)21(26)24-19-13-16(5-6-20(19)29-4)22(27)25-9-7-18(28-3)8-10-25/h11-12,16,18-20H,5-10,13H2,1-4H3,(H,24,26)/t16-,19+,20+/m0/s1. The number of likely N-dealkylation sites (tertiary alicyclic amines) is 1. The molecule has 2 fully saturated rings. The fourth-order valence-electron chi connectivity index (χ4n) is 4.59. The summed E-state index contributed by atoms with van der Waals surface area (Å²) < 4.78 is 11.0. The van der Waals surface area contributed by atoms with Crippen LogP contribution in [-0.4, -0.2) is 67.3 Å². The van der Waals surface area contributed by atoms with E-state index >= 15 is 0 Å². The number of aryl methyl sites for hydroxylation is 2. The van der Waals surface area contributed by atoms with Crippen molar-refractivity contribution in [1.82, 2.24) is 15.2 Å². The average Bonchev–Trinajstić information content (AvgIpc) is 2.72. The largest absolute Gasteiger partial charge is 0.381 e. The Bertz CT molecular complexity index is 711. The third-order valence-electron chi connectivity index (χ3n) is 6.19. The Morgan fingerprint density at radius 1 is 1.03 bits per heavy atom. The number of ether oxygens (including phenoxy) is 2. The fraction of sp³-hybridized carbons (Fsp3) is 0.682. The van der Waals surface area contributed by atoms with Gasteiger partial charge in [-0.2, -0.15) is 0 Å². The van der Waals surface area contributed by atoms with Crippen LogP contribution in [0.15, 0.2) is 12.1 Å². The second-order valence-electron chi connectivity index (χ2n) is 8.26. The Balaban J connectivity index is 1.64. The molecule has 0 spiro atoms. The maximum absolute atomic E-state index is 13.1. The van der Waals surface area contributed by atoms with Crippen molar-refractivity contribution in [2.75, 3.05) is 27.3 Å². The highest BCUT2D eigenvalue weighted by Crippen LogP contribution is 2.29. The minimum absolute atomic E-state index is 0.0771. The Labute approximate surface area is 173 Å². The van der Waals surface area contributed by atoms with Gasteiger partial charge in [-0.1, -0.05) is 0 Å². The average molecular weight is 404 g/mol. The number of hydrogen-bond donors (Lipinski definition) is 1. The minimum Gasteiger partial charge on any atom is -0.381 e. The number of aromatic nitrogens is 1. The van der Waals surface area contributed by atoms with Crippen molar-refractivity contribution in [3.63, 3.8) is 0 Å². The van der Waals surface area contributed by atoms with Gasteiger partial charge in [0.15, 0.2) is 0 Å². The summed E-state index contributed by atoms with van der Waals surface area (Å²) in [5.74, 6) is -0.0182. The van der Waals surface area contributed by atoms with E-state index in [4.69, 9.17) is 9.47 Å². The SMILES string of the molecule is COC1CCN(C(=O)[C@H]2CC[C@@H](OC)[C@H](NC(=O)c3cc(C)nc(C)c3)C2)CC1. The van der Waals surface area contributed by atoms with Gasteiger partial charge < -0.3 is 19.7 Å². The molecule has 0 bridgehead atoms. The Kier molecular flexibility index (Phi) is 7.24. The molecule has 1 saturated carbocycles. The number of amides is 2. The summed E-state index contributed by atoms with van der Waals surface area (Å²) in [5, 5.41) is 3.11. The smallest absolute Gasteiger partial charge is 0.251 e. The van der Waals surface area contributed by atoms with E-state index in [-0.39, 0.29) is 36.0 Å². The van der Waals surface area contributed by atoms with Gasteiger partial charge in [-0.25, -0.2) is 0 Å². The lowest BCUT2D eigenvalue weighted by Crippen LogP contribution is -2.51. The molecule has 1 aliphatic carbocycles. The van der Waals surface area contributed by atoms with E-state index in [9.17, 15) is 9.59 Å². The van der Waals surface area contributed by atoms with Crippen molar-refractivity contribution in [2.24, 2.45) is 5.92 Å². The molecule has 0 aromatic carbocycles. The van der Waals surface area contributed by atoms with Gasteiger partial charge >= 0.3 is 0 Å². The molecular weight excluding hydrogens is 370 g/mol. The van der Waals surface area contributed by atoms with Gasteiger partial charge in [0, 0.05) is 50.2 Å². The lowest BCUT2D eigenvalue weighted by atomic mass is 9.82. The van der Waals surface area contributed by atoms with E-state index in [0.29, 0.717) is 12.0 Å². The van der Waals surface area contributed by atoms with E-state index in [2.05, 4.69) is 10.3 Å². The van der Waals surface area contributed by atoms with Crippen LogP contribution in [0.3, 0.4) is 0 Å². The Hall–Kier alpha value is -1.99. The van der Waals surface area contributed by atoms with Gasteiger partial charge in [0.05, 0.1) is 18.2 Å². The highest BCUT2D eigenvalue weighted by Gasteiger charge is 2.37. The first kappa shape index (κ1) is 21.7. The predicted octanol–water partition coefficient (Wildman–Crippen LogP) is 2.25. The van der Waals surface area contributed by atoms with E-state index < -0.39 is 0 Å². The maximum Gasteiger partial charge on any atom is 0.251 e. The number of rotatable bonds is 5. The summed E-state index contributed by atoms with van der Waals surface area (Å²) in [5.41, 5.74) is 2.23. The lowest BCUT2D eigenvalue weighted by Gasteiger charge is -2.39. The molecular formula is C22H33N3O4. The predicted molar refractivity (Wildman–Crippen MR) is 110 cm³/mol. The Morgan fingerprint density at radius 3 is 2.28 bits per heavy atom. The quantitative estimate of drug-likeness (QED) is 0.816. The van der Waals surface area contributed by atoms with Crippen LogP contribution in [0.4, 0.5) is 0 Å². The zero-order valence-corrected chi connectivity index (χ0v) is 17.9. The molecule has 1 saturated heterocycles. The first-order valence-corrected chi connectivity index (χ1v) is 10.5. The number of carbonyl (C=O) groups excluding carboxylic acids is 2. The molecule has 1 N–H and O–H groups in total. The zero-order chi connectivity index (χ0) is 21.0. The fourth-order valence-corrected chi connectivity index (χ4v) is 4.59. The molecule has 2 amide bonds.